The Balaban J connectivity index is 1.51. The number of nitrogens with zero attached hydrogens (tertiary/aromatic N) is 1. The molecule has 98 valence electrons. The first-order valence-electron chi connectivity index (χ1n) is 7.90. The van der Waals surface area contributed by atoms with Crippen LogP contribution in [0.15, 0.2) is 0 Å². The number of nitrogens with one attached hydrogen (secondary N) is 1. The van der Waals surface area contributed by atoms with Gasteiger partial charge in [-0.05, 0) is 44.7 Å². The normalized spacial score (nSPS) is 39.9. The lowest BCUT2D eigenvalue weighted by atomic mass is 9.83. The molecule has 0 radical (unpaired) electrons. The average molecular weight is 236 g/mol. The van der Waals surface area contributed by atoms with E-state index in [1.165, 1.54) is 77.4 Å². The molecule has 17 heavy (non-hydrogen) atoms. The molecule has 0 aromatic rings. The molecule has 4 rings (SSSR count). The lowest BCUT2D eigenvalue weighted by Crippen LogP contribution is -2.58. The van der Waals surface area contributed by atoms with Crippen LogP contribution in [0.1, 0.15) is 57.8 Å². The standard InChI is InChI=1S/C15H28N2/c1-2-4-6-14(7-5-3-1)16-15-12-17-10-8-13(15)9-11-17/h13-16H,1-12H2. The fraction of sp³-hybridized carbons (Fsp3) is 1.00. The summed E-state index contributed by atoms with van der Waals surface area (Å²) < 4.78 is 0. The molecular weight excluding hydrogens is 208 g/mol. The van der Waals surface area contributed by atoms with Gasteiger partial charge in [-0.25, -0.2) is 0 Å². The zero-order valence-corrected chi connectivity index (χ0v) is 11.2. The van der Waals surface area contributed by atoms with E-state index < -0.39 is 0 Å². The van der Waals surface area contributed by atoms with Gasteiger partial charge < -0.3 is 10.2 Å². The smallest absolute Gasteiger partial charge is 0.0226 e. The van der Waals surface area contributed by atoms with Gasteiger partial charge in [0.2, 0.25) is 0 Å². The lowest BCUT2D eigenvalue weighted by Gasteiger charge is -2.46. The monoisotopic (exact) mass is 236 g/mol. The second-order valence-electron chi connectivity index (χ2n) is 6.45. The summed E-state index contributed by atoms with van der Waals surface area (Å²) in [6.07, 6.45) is 13.1. The molecule has 2 bridgehead atoms. The third kappa shape index (κ3) is 3.03. The molecule has 3 heterocycles. The van der Waals surface area contributed by atoms with Crippen molar-refractivity contribution in [2.45, 2.75) is 69.9 Å². The van der Waals surface area contributed by atoms with E-state index in [9.17, 15) is 0 Å². The van der Waals surface area contributed by atoms with E-state index in [0.717, 1.165) is 18.0 Å². The van der Waals surface area contributed by atoms with Gasteiger partial charge in [-0.3, -0.25) is 0 Å². The largest absolute Gasteiger partial charge is 0.310 e. The molecule has 0 aromatic heterocycles. The van der Waals surface area contributed by atoms with Crippen LogP contribution in [0, 0.1) is 5.92 Å². The highest BCUT2D eigenvalue weighted by Crippen LogP contribution is 2.28. The Morgan fingerprint density at radius 3 is 2.00 bits per heavy atom. The molecule has 0 aromatic carbocycles. The van der Waals surface area contributed by atoms with Gasteiger partial charge in [-0.15, -0.1) is 0 Å². The minimum Gasteiger partial charge on any atom is -0.310 e. The minimum absolute atomic E-state index is 0.821. The van der Waals surface area contributed by atoms with Crippen LogP contribution in [0.3, 0.4) is 0 Å². The SMILES string of the molecule is C1CCCC(NC2CN3CCC2CC3)CCC1. The van der Waals surface area contributed by atoms with E-state index in [1.54, 1.807) is 0 Å². The van der Waals surface area contributed by atoms with Crippen LogP contribution in [0.2, 0.25) is 0 Å². The average Bonchev–Trinajstić information content (AvgIpc) is 2.34. The molecule has 1 saturated carbocycles. The molecule has 1 aliphatic carbocycles. The van der Waals surface area contributed by atoms with Gasteiger partial charge in [0.15, 0.2) is 0 Å². The highest BCUT2D eigenvalue weighted by Gasteiger charge is 2.34. The first-order valence-corrected chi connectivity index (χ1v) is 7.90. The highest BCUT2D eigenvalue weighted by atomic mass is 15.2. The van der Waals surface area contributed by atoms with Crippen molar-refractivity contribution in [2.24, 2.45) is 5.92 Å². The Kier molecular flexibility index (Phi) is 4.02. The van der Waals surface area contributed by atoms with Gasteiger partial charge in [0.05, 0.1) is 0 Å². The van der Waals surface area contributed by atoms with Gasteiger partial charge in [0, 0.05) is 18.6 Å². The van der Waals surface area contributed by atoms with Crippen LogP contribution in [0.4, 0.5) is 0 Å². The maximum atomic E-state index is 4.02. The number of fused-ring (bicyclic) bond motifs is 3. The number of hydrogen-bond donors (Lipinski definition) is 1. The van der Waals surface area contributed by atoms with Gasteiger partial charge in [0.25, 0.3) is 0 Å². The number of piperidine rings is 3. The van der Waals surface area contributed by atoms with Crippen molar-refractivity contribution in [3.05, 3.63) is 0 Å². The molecule has 3 aliphatic heterocycles. The summed E-state index contributed by atoms with van der Waals surface area (Å²) in [5, 5.41) is 4.02. The van der Waals surface area contributed by atoms with Crippen molar-refractivity contribution in [3.8, 4) is 0 Å². The topological polar surface area (TPSA) is 15.3 Å². The molecule has 0 amide bonds. The summed E-state index contributed by atoms with van der Waals surface area (Å²) in [5.41, 5.74) is 0. The van der Waals surface area contributed by atoms with Gasteiger partial charge in [-0.2, -0.15) is 0 Å². The second kappa shape index (κ2) is 5.71. The Labute approximate surface area is 106 Å². The van der Waals surface area contributed by atoms with Crippen molar-refractivity contribution in [1.29, 1.82) is 0 Å². The van der Waals surface area contributed by atoms with Crippen molar-refractivity contribution < 1.29 is 0 Å². The van der Waals surface area contributed by atoms with Crippen LogP contribution in [-0.2, 0) is 0 Å². The third-order valence-electron chi connectivity index (χ3n) is 5.21. The van der Waals surface area contributed by atoms with Crippen molar-refractivity contribution in [1.82, 2.24) is 10.2 Å². The van der Waals surface area contributed by atoms with Crippen molar-refractivity contribution in [3.63, 3.8) is 0 Å². The van der Waals surface area contributed by atoms with Crippen LogP contribution in [-0.4, -0.2) is 36.6 Å². The highest BCUT2D eigenvalue weighted by molar-refractivity contribution is 4.92. The molecule has 4 aliphatic rings. The summed E-state index contributed by atoms with van der Waals surface area (Å²) in [5.74, 6) is 0.991. The van der Waals surface area contributed by atoms with E-state index in [4.69, 9.17) is 0 Å². The molecule has 4 fully saturated rings. The van der Waals surface area contributed by atoms with E-state index in [-0.39, 0.29) is 0 Å². The van der Waals surface area contributed by atoms with Crippen LogP contribution in [0.5, 0.6) is 0 Å². The zero-order chi connectivity index (χ0) is 11.5. The fourth-order valence-corrected chi connectivity index (χ4v) is 4.08. The van der Waals surface area contributed by atoms with E-state index >= 15 is 0 Å². The minimum atomic E-state index is 0.821. The maximum absolute atomic E-state index is 4.02. The lowest BCUT2D eigenvalue weighted by molar-refractivity contribution is 0.0650. The van der Waals surface area contributed by atoms with Crippen molar-refractivity contribution >= 4 is 0 Å². The Morgan fingerprint density at radius 1 is 0.765 bits per heavy atom. The predicted molar refractivity (Wildman–Crippen MR) is 72.2 cm³/mol. The fourth-order valence-electron chi connectivity index (χ4n) is 4.08. The zero-order valence-electron chi connectivity index (χ0n) is 11.2. The predicted octanol–water partition coefficient (Wildman–Crippen LogP) is 2.78. The van der Waals surface area contributed by atoms with Crippen LogP contribution < -0.4 is 5.32 Å². The summed E-state index contributed by atoms with van der Waals surface area (Å²) in [6, 6.07) is 1.66. The summed E-state index contributed by atoms with van der Waals surface area (Å²) in [6.45, 7) is 4.07. The quantitative estimate of drug-likeness (QED) is 0.793. The Hall–Kier alpha value is -0.0800. The van der Waals surface area contributed by atoms with E-state index in [2.05, 4.69) is 10.2 Å². The molecular formula is C15H28N2. The molecule has 2 nitrogen and oxygen atoms in total. The Morgan fingerprint density at radius 2 is 1.41 bits per heavy atom. The molecule has 1 unspecified atom stereocenters. The summed E-state index contributed by atoms with van der Waals surface area (Å²) in [7, 11) is 0. The molecule has 0 spiro atoms. The third-order valence-corrected chi connectivity index (χ3v) is 5.21. The maximum Gasteiger partial charge on any atom is 0.0226 e. The summed E-state index contributed by atoms with van der Waals surface area (Å²) >= 11 is 0. The van der Waals surface area contributed by atoms with Gasteiger partial charge in [-0.1, -0.05) is 32.1 Å². The molecule has 1 atom stereocenters. The van der Waals surface area contributed by atoms with Crippen LogP contribution >= 0.6 is 0 Å². The molecule has 1 N–H and O–H groups in total. The summed E-state index contributed by atoms with van der Waals surface area (Å²) in [4.78, 5) is 2.67. The van der Waals surface area contributed by atoms with Gasteiger partial charge >= 0.3 is 0 Å². The number of hydrogen-bond acceptors (Lipinski definition) is 2. The van der Waals surface area contributed by atoms with Crippen molar-refractivity contribution in [2.75, 3.05) is 19.6 Å². The number of rotatable bonds is 2. The van der Waals surface area contributed by atoms with E-state index in [0.29, 0.717) is 0 Å². The Bertz CT molecular complexity index is 225. The van der Waals surface area contributed by atoms with E-state index in [1.807, 2.05) is 0 Å². The molecule has 3 saturated heterocycles. The molecule has 2 heteroatoms. The first kappa shape index (κ1) is 12.0. The van der Waals surface area contributed by atoms with Crippen LogP contribution in [0.25, 0.3) is 0 Å². The van der Waals surface area contributed by atoms with Gasteiger partial charge in [0.1, 0.15) is 0 Å². The first-order chi connectivity index (χ1) is 8.42. The second-order valence-corrected chi connectivity index (χ2v) is 6.45.